The van der Waals surface area contributed by atoms with Crippen LogP contribution in [0.3, 0.4) is 0 Å². The van der Waals surface area contributed by atoms with Gasteiger partial charge in [-0.15, -0.1) is 0 Å². The van der Waals surface area contributed by atoms with Crippen LogP contribution in [0.5, 0.6) is 0 Å². The second kappa shape index (κ2) is 9.66. The van der Waals surface area contributed by atoms with E-state index >= 15 is 0 Å². The van der Waals surface area contributed by atoms with Crippen LogP contribution in [-0.4, -0.2) is 25.9 Å². The monoisotopic (exact) mass is 503 g/mol. The van der Waals surface area contributed by atoms with E-state index in [9.17, 15) is 25.9 Å². The zero-order valence-electron chi connectivity index (χ0n) is 13.3. The Hall–Kier alpha value is -0.721. The fraction of sp³-hybridized carbons (Fsp3) is 0.143. The molecule has 0 spiro atoms. The van der Waals surface area contributed by atoms with E-state index in [1.54, 1.807) is 36.4 Å². The van der Waals surface area contributed by atoms with Crippen molar-refractivity contribution in [3.63, 3.8) is 0 Å². The molecule has 0 aromatic heterocycles. The van der Waals surface area contributed by atoms with Crippen LogP contribution < -0.4 is 11.5 Å². The third-order valence-electron chi connectivity index (χ3n) is 3.06. The zero-order valence-corrected chi connectivity index (χ0v) is 17.3. The Balaban J connectivity index is 0.000000483. The number of rotatable bonds is 4. The minimum Gasteiger partial charge on any atom is -0.745 e. The van der Waals surface area contributed by atoms with Crippen LogP contribution in [0.15, 0.2) is 60.7 Å². The summed E-state index contributed by atoms with van der Waals surface area (Å²) in [5.74, 6) is 0. The Bertz CT molecular complexity index is 861. The van der Waals surface area contributed by atoms with Gasteiger partial charge in [0.1, 0.15) is 20.2 Å². The van der Waals surface area contributed by atoms with Crippen LogP contribution in [0.1, 0.15) is 11.1 Å². The van der Waals surface area contributed by atoms with Gasteiger partial charge in [0.15, 0.2) is 0 Å². The predicted molar refractivity (Wildman–Crippen MR) is 95.7 cm³/mol. The molecule has 0 saturated heterocycles. The topological polar surface area (TPSA) is 166 Å². The Morgan fingerprint density at radius 3 is 1.07 bits per heavy atom. The van der Waals surface area contributed by atoms with Gasteiger partial charge < -0.3 is 9.11 Å². The first kappa shape index (κ1) is 26.3. The van der Waals surface area contributed by atoms with Crippen LogP contribution in [0.2, 0.25) is 0 Å². The molecule has 8 nitrogen and oxygen atoms in total. The van der Waals surface area contributed by atoms with Gasteiger partial charge in [-0.3, -0.25) is 11.5 Å². The normalized spacial score (nSPS) is 15.9. The second-order valence-electron chi connectivity index (χ2n) is 4.93. The van der Waals surface area contributed by atoms with Gasteiger partial charge in [-0.05, 0) is 0 Å². The van der Waals surface area contributed by atoms with Gasteiger partial charge in [0, 0.05) is 11.1 Å². The van der Waals surface area contributed by atoms with E-state index in [-0.39, 0.29) is 28.2 Å². The summed E-state index contributed by atoms with van der Waals surface area (Å²) in [7, 11) is -9.52. The Morgan fingerprint density at radius 1 is 0.667 bits per heavy atom. The van der Waals surface area contributed by atoms with Gasteiger partial charge in [-0.25, -0.2) is 16.8 Å². The molecule has 2 rings (SSSR count). The van der Waals surface area contributed by atoms with Gasteiger partial charge in [0.05, 0.1) is 0 Å². The third kappa shape index (κ3) is 6.68. The average molecular weight is 505 g/mol. The summed E-state index contributed by atoms with van der Waals surface area (Å²) < 4.78 is 59.1. The van der Waals surface area contributed by atoms with Crippen molar-refractivity contribution < 1.29 is 43.0 Å². The first-order valence-electron chi connectivity index (χ1n) is 6.68. The van der Waals surface area contributed by atoms with Crippen LogP contribution >= 0.6 is 23.2 Å². The molecule has 27 heavy (non-hydrogen) atoms. The molecule has 13 heteroatoms. The van der Waals surface area contributed by atoms with E-state index in [1.807, 2.05) is 0 Å². The molecule has 2 atom stereocenters. The minimum atomic E-state index is -4.76. The Morgan fingerprint density at radius 2 is 0.889 bits per heavy atom. The molecule has 1 radical (unpaired) electrons. The molecule has 0 aliphatic carbocycles. The summed E-state index contributed by atoms with van der Waals surface area (Å²) in [6, 6.07) is 15.0. The molecule has 2 aromatic rings. The summed E-state index contributed by atoms with van der Waals surface area (Å²) >= 11 is 10.8. The van der Waals surface area contributed by atoms with Crippen molar-refractivity contribution in [2.75, 3.05) is 0 Å². The first-order chi connectivity index (χ1) is 11.7. The molecule has 0 fully saturated rings. The van der Waals surface area contributed by atoms with Crippen molar-refractivity contribution >= 4 is 43.4 Å². The number of alkyl halides is 2. The van der Waals surface area contributed by atoms with Crippen LogP contribution in [0.25, 0.3) is 0 Å². The van der Waals surface area contributed by atoms with E-state index in [0.29, 0.717) is 0 Å². The van der Waals surface area contributed by atoms with Gasteiger partial charge in [-0.1, -0.05) is 83.9 Å². The molecule has 2 unspecified atom stereocenters. The van der Waals surface area contributed by atoms with Crippen molar-refractivity contribution in [3.8, 4) is 0 Å². The molecular formula is C14H14Cl2CuN2O6S2. The van der Waals surface area contributed by atoms with E-state index < -0.39 is 28.9 Å². The van der Waals surface area contributed by atoms with Gasteiger partial charge in [0.2, 0.25) is 8.66 Å². The van der Waals surface area contributed by atoms with Crippen LogP contribution in [-0.2, 0) is 46.0 Å². The van der Waals surface area contributed by atoms with Crippen molar-refractivity contribution in [2.45, 2.75) is 8.66 Å². The van der Waals surface area contributed by atoms with Gasteiger partial charge >= 0.3 is 17.1 Å². The molecule has 0 amide bonds. The summed E-state index contributed by atoms with van der Waals surface area (Å²) in [6.07, 6.45) is 0. The Labute approximate surface area is 177 Å². The average Bonchev–Trinajstić information content (AvgIpc) is 2.55. The predicted octanol–water partition coefficient (Wildman–Crippen LogP) is 1.08. The minimum absolute atomic E-state index is 0. The third-order valence-corrected chi connectivity index (χ3v) is 6.56. The number of halogens is 2. The van der Waals surface area contributed by atoms with Crippen molar-refractivity contribution in [1.29, 1.82) is 0 Å². The fourth-order valence-corrected chi connectivity index (χ4v) is 2.72. The van der Waals surface area contributed by atoms with Gasteiger partial charge in [0.25, 0.3) is 0 Å². The maximum Gasteiger partial charge on any atom is 2.00 e. The number of hydrogen-bond donors (Lipinski definition) is 2. The maximum absolute atomic E-state index is 10.6. The maximum atomic E-state index is 10.6. The fourth-order valence-electron chi connectivity index (χ4n) is 1.62. The molecule has 0 bridgehead atoms. The second-order valence-corrected chi connectivity index (χ2v) is 9.68. The van der Waals surface area contributed by atoms with Crippen molar-refractivity contribution in [3.05, 3.63) is 71.8 Å². The SMILES string of the molecule is NC(Cl)(c1ccccc1)S(=O)(=O)[O-].NC(Cl)(c1ccccc1)S(=O)(=O)[O-].[Cu+2]. The summed E-state index contributed by atoms with van der Waals surface area (Å²) in [5.41, 5.74) is 10.5. The molecule has 0 saturated carbocycles. The summed E-state index contributed by atoms with van der Waals surface area (Å²) in [4.78, 5) is 0. The quantitative estimate of drug-likeness (QED) is 0.270. The molecule has 0 heterocycles. The molecule has 153 valence electrons. The molecule has 4 N–H and O–H groups in total. The smallest absolute Gasteiger partial charge is 0.745 e. The van der Waals surface area contributed by atoms with E-state index in [4.69, 9.17) is 34.7 Å². The van der Waals surface area contributed by atoms with Crippen molar-refractivity contribution in [2.24, 2.45) is 11.5 Å². The van der Waals surface area contributed by atoms with Crippen LogP contribution in [0.4, 0.5) is 0 Å². The molecule has 2 aromatic carbocycles. The standard InChI is InChI=1S/2C7H8ClNO3S.Cu/c2*8-7(9,13(10,11)12)6-4-2-1-3-5-6;/h2*1-5H,9H2,(H,10,11,12);/q;;+2/p-2. The van der Waals surface area contributed by atoms with E-state index in [0.717, 1.165) is 0 Å². The van der Waals surface area contributed by atoms with E-state index in [1.165, 1.54) is 24.3 Å². The molecular weight excluding hydrogens is 491 g/mol. The first-order valence-corrected chi connectivity index (χ1v) is 10.3. The summed E-state index contributed by atoms with van der Waals surface area (Å²) in [5, 5.41) is 0. The number of nitrogens with two attached hydrogens (primary N) is 2. The van der Waals surface area contributed by atoms with Gasteiger partial charge in [-0.2, -0.15) is 0 Å². The zero-order chi connectivity index (χ0) is 20.2. The van der Waals surface area contributed by atoms with Crippen LogP contribution in [0, 0.1) is 0 Å². The van der Waals surface area contributed by atoms with E-state index in [2.05, 4.69) is 0 Å². The summed E-state index contributed by atoms with van der Waals surface area (Å²) in [6.45, 7) is 0. The number of hydrogen-bond acceptors (Lipinski definition) is 8. The number of benzene rings is 2. The molecule has 0 aliphatic heterocycles. The molecule has 0 aliphatic rings. The largest absolute Gasteiger partial charge is 2.00 e. The van der Waals surface area contributed by atoms with Crippen molar-refractivity contribution in [1.82, 2.24) is 0 Å². The Kier molecular flexibility index (Phi) is 9.40.